The Morgan fingerprint density at radius 2 is 1.57 bits per heavy atom. The van der Waals surface area contributed by atoms with Crippen molar-refractivity contribution < 1.29 is 36.7 Å². The predicted molar refractivity (Wildman–Crippen MR) is 198 cm³/mol. The highest BCUT2D eigenvalue weighted by Crippen LogP contribution is 2.34. The molecule has 3 aromatic carbocycles. The number of urea groups is 2. The van der Waals surface area contributed by atoms with Crippen LogP contribution in [0.1, 0.15) is 18.9 Å². The maximum Gasteiger partial charge on any atom is 0.445 e. The Labute approximate surface area is 319 Å². The zero-order chi connectivity index (χ0) is 39.1. The first-order valence-corrected chi connectivity index (χ1v) is 17.3. The molecule has 0 bridgehead atoms. The minimum atomic E-state index is -4.61. The third-order valence-corrected chi connectivity index (χ3v) is 8.26. The van der Waals surface area contributed by atoms with Crippen molar-refractivity contribution in [2.45, 2.75) is 26.1 Å². The molecular weight excluding hydrogens is 785 g/mol. The van der Waals surface area contributed by atoms with E-state index in [9.17, 15) is 31.9 Å². The lowest BCUT2D eigenvalue weighted by Crippen LogP contribution is -2.40. The molecule has 0 saturated heterocycles. The van der Waals surface area contributed by atoms with E-state index in [1.54, 1.807) is 46.1 Å². The van der Waals surface area contributed by atoms with Crippen LogP contribution in [0.15, 0.2) is 79.0 Å². The number of aromatic nitrogens is 4. The van der Waals surface area contributed by atoms with Crippen molar-refractivity contribution in [2.75, 3.05) is 41.6 Å². The quantitative estimate of drug-likeness (QED) is 0.131. The molecule has 0 fully saturated rings. The van der Waals surface area contributed by atoms with Gasteiger partial charge in [0, 0.05) is 48.7 Å². The lowest BCUT2D eigenvalue weighted by Gasteiger charge is -2.26. The monoisotopic (exact) mass is 815 g/mol. The molecule has 0 unspecified atom stereocenters. The second-order valence-electron chi connectivity index (χ2n) is 10.7. The molecule has 0 atom stereocenters. The molecule has 0 radical (unpaired) electrons. The molecule has 0 aliphatic heterocycles. The molecular formula is C32H31Cl2F4N9O4S2. The Hall–Kier alpha value is -5.11. The zero-order valence-corrected chi connectivity index (χ0v) is 31.3. The van der Waals surface area contributed by atoms with Gasteiger partial charge in [0.1, 0.15) is 10.8 Å². The largest absolute Gasteiger partial charge is 0.459 e. The number of para-hydroxylation sites is 1. The molecule has 5 rings (SSSR count). The summed E-state index contributed by atoms with van der Waals surface area (Å²) in [4.78, 5) is 37.7. The Bertz CT molecular complexity index is 1920. The standard InChI is InChI=1S/C14H13F4N3O2S.C9H10Cl2N2O.C9H8N4OS/c1-8(2)21(10-5-3-9(15)4-6-10)11(22)7-23-13-20-19-12(24-13)14(16,17)18;1-13(2)9(14)12-6-3-4-7(10)8(11)5-6;14-9(12-8-6-10-13-15-8)11-7-4-2-1-3-5-7/h3-6,8H,7H2,1-2H3;3-5H,1-2H3,(H,12,14);1-6H,(H2,11,12,14). The van der Waals surface area contributed by atoms with Gasteiger partial charge in [-0.2, -0.15) is 13.2 Å². The number of nitrogens with zero attached hydrogens (tertiary/aromatic N) is 6. The van der Waals surface area contributed by atoms with Crippen LogP contribution in [0, 0.1) is 5.82 Å². The number of hydrogen-bond acceptors (Lipinski definition) is 10. The molecule has 13 nitrogen and oxygen atoms in total. The van der Waals surface area contributed by atoms with Crippen LogP contribution in [0.3, 0.4) is 0 Å². The summed E-state index contributed by atoms with van der Waals surface area (Å²) in [6.07, 6.45) is -3.11. The van der Waals surface area contributed by atoms with Crippen molar-refractivity contribution in [1.29, 1.82) is 0 Å². The number of halogens is 6. The van der Waals surface area contributed by atoms with E-state index in [1.165, 1.54) is 40.3 Å². The second-order valence-corrected chi connectivity index (χ2v) is 13.2. The number of carbonyl (C=O) groups is 3. The van der Waals surface area contributed by atoms with Crippen LogP contribution in [0.4, 0.5) is 49.2 Å². The number of alkyl halides is 3. The van der Waals surface area contributed by atoms with Crippen molar-refractivity contribution >= 4 is 86.1 Å². The van der Waals surface area contributed by atoms with E-state index >= 15 is 0 Å². The van der Waals surface area contributed by atoms with Crippen LogP contribution in [0.5, 0.6) is 5.19 Å². The van der Waals surface area contributed by atoms with Gasteiger partial charge in [-0.1, -0.05) is 62.3 Å². The number of rotatable bonds is 8. The SMILES string of the molecule is CC(C)N(C(=O)COc1nnc(C(F)(F)F)s1)c1ccc(F)cc1.CN(C)C(=O)Nc1ccc(Cl)c(Cl)c1.O=C(Nc1ccccc1)Nc1cnns1. The van der Waals surface area contributed by atoms with Gasteiger partial charge < -0.3 is 25.2 Å². The van der Waals surface area contributed by atoms with Crippen LogP contribution in [-0.2, 0) is 11.0 Å². The minimum Gasteiger partial charge on any atom is -0.459 e. The van der Waals surface area contributed by atoms with Crippen molar-refractivity contribution in [1.82, 2.24) is 24.7 Å². The van der Waals surface area contributed by atoms with Gasteiger partial charge in [-0.05, 0) is 68.4 Å². The number of amides is 5. The van der Waals surface area contributed by atoms with E-state index in [4.69, 9.17) is 27.9 Å². The number of hydrogen-bond donors (Lipinski definition) is 3. The molecule has 21 heteroatoms. The molecule has 282 valence electrons. The predicted octanol–water partition coefficient (Wildman–Crippen LogP) is 8.79. The second kappa shape index (κ2) is 20.2. The summed E-state index contributed by atoms with van der Waals surface area (Å²) in [6, 6.07) is 18.6. The number of carbonyl (C=O) groups excluding carboxylic acids is 3. The van der Waals surface area contributed by atoms with Crippen LogP contribution in [0.25, 0.3) is 0 Å². The Balaban J connectivity index is 0.000000226. The van der Waals surface area contributed by atoms with Crippen molar-refractivity contribution in [3.8, 4) is 5.19 Å². The fourth-order valence-corrected chi connectivity index (χ4v) is 5.01. The fourth-order valence-electron chi connectivity index (χ4n) is 3.73. The third kappa shape index (κ3) is 14.4. The van der Waals surface area contributed by atoms with E-state index in [0.29, 0.717) is 26.4 Å². The van der Waals surface area contributed by atoms with Crippen molar-refractivity contribution in [3.63, 3.8) is 0 Å². The Morgan fingerprint density at radius 1 is 0.887 bits per heavy atom. The van der Waals surface area contributed by atoms with Gasteiger partial charge in [0.05, 0.1) is 16.2 Å². The first-order valence-electron chi connectivity index (χ1n) is 15.0. The molecule has 5 aromatic rings. The van der Waals surface area contributed by atoms with E-state index < -0.39 is 29.5 Å². The first-order chi connectivity index (χ1) is 25.0. The summed E-state index contributed by atoms with van der Waals surface area (Å²) in [5, 5.41) is 17.8. The van der Waals surface area contributed by atoms with Gasteiger partial charge in [-0.15, -0.1) is 10.2 Å². The maximum atomic E-state index is 13.0. The third-order valence-electron chi connectivity index (χ3n) is 6.06. The van der Waals surface area contributed by atoms with Gasteiger partial charge in [-0.3, -0.25) is 10.1 Å². The molecule has 2 aromatic heterocycles. The van der Waals surface area contributed by atoms with E-state index in [1.807, 2.05) is 30.3 Å². The van der Waals surface area contributed by atoms with Gasteiger partial charge in [0.25, 0.3) is 11.1 Å². The van der Waals surface area contributed by atoms with Crippen LogP contribution < -0.4 is 25.6 Å². The Kier molecular flexibility index (Phi) is 16.1. The summed E-state index contributed by atoms with van der Waals surface area (Å²) < 4.78 is 58.9. The fraction of sp³-hybridized carbons (Fsp3) is 0.219. The van der Waals surface area contributed by atoms with E-state index in [-0.39, 0.29) is 34.6 Å². The maximum absolute atomic E-state index is 13.0. The summed E-state index contributed by atoms with van der Waals surface area (Å²) in [5.41, 5.74) is 1.82. The molecule has 5 amide bonds. The number of benzene rings is 3. The smallest absolute Gasteiger partial charge is 0.445 e. The average molecular weight is 817 g/mol. The minimum absolute atomic E-state index is 0.205. The number of ether oxygens (including phenoxy) is 1. The van der Waals surface area contributed by atoms with Gasteiger partial charge in [0.15, 0.2) is 6.61 Å². The summed E-state index contributed by atoms with van der Waals surface area (Å²) in [6.45, 7) is 2.98. The molecule has 3 N–H and O–H groups in total. The highest BCUT2D eigenvalue weighted by Gasteiger charge is 2.36. The molecule has 0 aliphatic carbocycles. The molecule has 0 spiro atoms. The van der Waals surface area contributed by atoms with E-state index in [2.05, 4.69) is 35.7 Å². The molecule has 0 saturated carbocycles. The van der Waals surface area contributed by atoms with Crippen molar-refractivity contribution in [2.24, 2.45) is 0 Å². The summed E-state index contributed by atoms with van der Waals surface area (Å²) in [5.74, 6) is -0.944. The average Bonchev–Trinajstić information content (AvgIpc) is 3.80. The molecule has 0 aliphatic rings. The highest BCUT2D eigenvalue weighted by molar-refractivity contribution is 7.13. The normalized spacial score (nSPS) is 10.5. The first kappa shape index (κ1) is 42.3. The highest BCUT2D eigenvalue weighted by atomic mass is 35.5. The Morgan fingerprint density at radius 3 is 2.11 bits per heavy atom. The molecule has 53 heavy (non-hydrogen) atoms. The summed E-state index contributed by atoms with van der Waals surface area (Å²) >= 11 is 12.8. The van der Waals surface area contributed by atoms with Crippen LogP contribution >= 0.6 is 46.1 Å². The molecule has 2 heterocycles. The van der Waals surface area contributed by atoms with Gasteiger partial charge >= 0.3 is 18.2 Å². The topological polar surface area (TPSA) is 155 Å². The van der Waals surface area contributed by atoms with E-state index in [0.717, 1.165) is 17.2 Å². The van der Waals surface area contributed by atoms with Gasteiger partial charge in [0.2, 0.25) is 5.01 Å². The van der Waals surface area contributed by atoms with Gasteiger partial charge in [-0.25, -0.2) is 14.0 Å². The van der Waals surface area contributed by atoms with Crippen LogP contribution in [0.2, 0.25) is 10.0 Å². The number of nitrogens with one attached hydrogen (secondary N) is 3. The van der Waals surface area contributed by atoms with Crippen LogP contribution in [-0.4, -0.2) is 69.4 Å². The zero-order valence-electron chi connectivity index (χ0n) is 28.2. The van der Waals surface area contributed by atoms with Crippen molar-refractivity contribution in [3.05, 3.63) is 99.9 Å². The summed E-state index contributed by atoms with van der Waals surface area (Å²) in [7, 11) is 3.32. The lowest BCUT2D eigenvalue weighted by atomic mass is 10.2. The lowest BCUT2D eigenvalue weighted by molar-refractivity contribution is -0.138. The number of anilines is 4.